The highest BCUT2D eigenvalue weighted by atomic mass is 16.5. The zero-order chi connectivity index (χ0) is 15.3. The summed E-state index contributed by atoms with van der Waals surface area (Å²) >= 11 is 0. The third kappa shape index (κ3) is 5.28. The highest BCUT2D eigenvalue weighted by Gasteiger charge is 2.29. The Hall–Kier alpha value is -1.14. The number of benzene rings is 1. The third-order valence-corrected chi connectivity index (χ3v) is 3.80. The lowest BCUT2D eigenvalue weighted by Gasteiger charge is -2.37. The molecular weight excluding hydrogens is 268 g/mol. The second-order valence-electron chi connectivity index (χ2n) is 6.15. The van der Waals surface area contributed by atoms with Gasteiger partial charge < -0.3 is 20.7 Å². The summed E-state index contributed by atoms with van der Waals surface area (Å²) in [6, 6.07) is 7.58. The largest absolute Gasteiger partial charge is 0.491 e. The van der Waals surface area contributed by atoms with Crippen molar-refractivity contribution in [3.8, 4) is 5.75 Å². The van der Waals surface area contributed by atoms with E-state index in [0.717, 1.165) is 30.7 Å². The lowest BCUT2D eigenvalue weighted by atomic mass is 9.95. The average molecular weight is 294 g/mol. The van der Waals surface area contributed by atoms with Crippen LogP contribution < -0.4 is 10.5 Å². The normalized spacial score (nSPS) is 24.8. The number of nitrogens with two attached hydrogens (primary N) is 1. The summed E-state index contributed by atoms with van der Waals surface area (Å²) in [6.45, 7) is 4.60. The monoisotopic (exact) mass is 294 g/mol. The molecule has 2 unspecified atom stereocenters. The molecule has 0 amide bonds. The molecule has 0 spiro atoms. The Bertz CT molecular complexity index is 451. The maximum atomic E-state index is 10.1. The zero-order valence-electron chi connectivity index (χ0n) is 12.7. The number of hydrogen-bond acceptors (Lipinski definition) is 5. The predicted molar refractivity (Wildman–Crippen MR) is 82.1 cm³/mol. The van der Waals surface area contributed by atoms with Crippen molar-refractivity contribution in [3.63, 3.8) is 0 Å². The molecule has 0 aliphatic carbocycles. The predicted octanol–water partition coefficient (Wildman–Crippen LogP) is 0.732. The van der Waals surface area contributed by atoms with Gasteiger partial charge in [-0.2, -0.15) is 0 Å². The number of aliphatic hydroxyl groups is 2. The van der Waals surface area contributed by atoms with Gasteiger partial charge in [-0.15, -0.1) is 0 Å². The van der Waals surface area contributed by atoms with Crippen molar-refractivity contribution >= 4 is 0 Å². The van der Waals surface area contributed by atoms with Gasteiger partial charge in [-0.25, -0.2) is 0 Å². The van der Waals surface area contributed by atoms with Crippen LogP contribution in [0, 0.1) is 0 Å². The molecule has 4 N–H and O–H groups in total. The van der Waals surface area contributed by atoms with E-state index in [1.54, 1.807) is 0 Å². The molecule has 0 bridgehead atoms. The molecule has 1 aliphatic rings. The van der Waals surface area contributed by atoms with Crippen LogP contribution >= 0.6 is 0 Å². The molecule has 1 heterocycles. The van der Waals surface area contributed by atoms with Crippen molar-refractivity contribution in [3.05, 3.63) is 29.8 Å². The molecule has 0 saturated carbocycles. The Labute approximate surface area is 126 Å². The fourth-order valence-corrected chi connectivity index (χ4v) is 2.78. The second-order valence-corrected chi connectivity index (χ2v) is 6.15. The van der Waals surface area contributed by atoms with Gasteiger partial charge in [0, 0.05) is 19.6 Å². The molecule has 1 aromatic rings. The van der Waals surface area contributed by atoms with Crippen molar-refractivity contribution < 1.29 is 14.9 Å². The van der Waals surface area contributed by atoms with Crippen molar-refractivity contribution in [2.45, 2.75) is 38.0 Å². The standard InChI is InChI=1S/C16H26N2O3/c1-16(20)6-3-7-18(12-16)10-14(19)11-21-15-5-2-4-13(8-15)9-17/h2,4-5,8,14,19-20H,3,6-7,9-12,17H2,1H3. The summed E-state index contributed by atoms with van der Waals surface area (Å²) in [5.74, 6) is 0.725. The van der Waals surface area contributed by atoms with E-state index in [4.69, 9.17) is 10.5 Å². The summed E-state index contributed by atoms with van der Waals surface area (Å²) in [5, 5.41) is 20.1. The Morgan fingerprint density at radius 1 is 1.48 bits per heavy atom. The zero-order valence-corrected chi connectivity index (χ0v) is 12.7. The maximum Gasteiger partial charge on any atom is 0.119 e. The van der Waals surface area contributed by atoms with Gasteiger partial charge in [-0.05, 0) is 44.0 Å². The minimum Gasteiger partial charge on any atom is -0.491 e. The number of likely N-dealkylation sites (tertiary alicyclic amines) is 1. The minimum absolute atomic E-state index is 0.243. The molecule has 1 aromatic carbocycles. The van der Waals surface area contributed by atoms with Crippen LogP contribution in [0.1, 0.15) is 25.3 Å². The molecule has 2 atom stereocenters. The van der Waals surface area contributed by atoms with Crippen molar-refractivity contribution in [1.82, 2.24) is 4.90 Å². The number of β-amino-alcohol motifs (C(OH)–C–C–N with tert-alkyl or cyclic N) is 2. The highest BCUT2D eigenvalue weighted by Crippen LogP contribution is 2.20. The Balaban J connectivity index is 1.77. The molecule has 21 heavy (non-hydrogen) atoms. The first kappa shape index (κ1) is 16.2. The second kappa shape index (κ2) is 7.22. The third-order valence-electron chi connectivity index (χ3n) is 3.80. The number of hydrogen-bond donors (Lipinski definition) is 3. The molecule has 5 heteroatoms. The van der Waals surface area contributed by atoms with Gasteiger partial charge in [0.2, 0.25) is 0 Å². The SMILES string of the molecule is CC1(O)CCCN(CC(O)COc2cccc(CN)c2)C1. The molecule has 0 radical (unpaired) electrons. The van der Waals surface area contributed by atoms with Gasteiger partial charge in [0.1, 0.15) is 18.5 Å². The summed E-state index contributed by atoms with van der Waals surface area (Å²) in [5.41, 5.74) is 5.95. The summed E-state index contributed by atoms with van der Waals surface area (Å²) in [4.78, 5) is 2.09. The van der Waals surface area contributed by atoms with E-state index < -0.39 is 11.7 Å². The van der Waals surface area contributed by atoms with E-state index in [9.17, 15) is 10.2 Å². The highest BCUT2D eigenvalue weighted by molar-refractivity contribution is 5.28. The Morgan fingerprint density at radius 2 is 2.29 bits per heavy atom. The number of piperidine rings is 1. The van der Waals surface area contributed by atoms with Crippen LogP contribution in [0.25, 0.3) is 0 Å². The van der Waals surface area contributed by atoms with Gasteiger partial charge in [0.15, 0.2) is 0 Å². The maximum absolute atomic E-state index is 10.1. The van der Waals surface area contributed by atoms with Crippen LogP contribution in [0.15, 0.2) is 24.3 Å². The Kier molecular flexibility index (Phi) is 5.58. The van der Waals surface area contributed by atoms with E-state index in [0.29, 0.717) is 19.6 Å². The lowest BCUT2D eigenvalue weighted by molar-refractivity contribution is -0.0323. The Morgan fingerprint density at radius 3 is 3.00 bits per heavy atom. The first-order chi connectivity index (χ1) is 9.98. The number of ether oxygens (including phenoxy) is 1. The van der Waals surface area contributed by atoms with E-state index in [2.05, 4.69) is 4.90 Å². The van der Waals surface area contributed by atoms with Gasteiger partial charge in [-0.3, -0.25) is 4.90 Å². The molecule has 1 fully saturated rings. The van der Waals surface area contributed by atoms with Gasteiger partial charge in [-0.1, -0.05) is 12.1 Å². The number of nitrogens with zero attached hydrogens (tertiary/aromatic N) is 1. The summed E-state index contributed by atoms with van der Waals surface area (Å²) < 4.78 is 5.61. The fourth-order valence-electron chi connectivity index (χ4n) is 2.78. The fraction of sp³-hybridized carbons (Fsp3) is 0.625. The number of rotatable bonds is 6. The van der Waals surface area contributed by atoms with Crippen LogP contribution in [0.5, 0.6) is 5.75 Å². The van der Waals surface area contributed by atoms with E-state index >= 15 is 0 Å². The minimum atomic E-state index is -0.645. The lowest BCUT2D eigenvalue weighted by Crippen LogP contribution is -2.49. The van der Waals surface area contributed by atoms with E-state index in [1.807, 2.05) is 31.2 Å². The molecule has 5 nitrogen and oxygen atoms in total. The van der Waals surface area contributed by atoms with E-state index in [1.165, 1.54) is 0 Å². The quantitative estimate of drug-likeness (QED) is 0.721. The molecule has 1 saturated heterocycles. The molecule has 0 aromatic heterocycles. The smallest absolute Gasteiger partial charge is 0.119 e. The average Bonchev–Trinajstić information content (AvgIpc) is 2.44. The van der Waals surface area contributed by atoms with Gasteiger partial charge in [0.05, 0.1) is 5.60 Å². The first-order valence-corrected chi connectivity index (χ1v) is 7.53. The molecule has 1 aliphatic heterocycles. The first-order valence-electron chi connectivity index (χ1n) is 7.53. The van der Waals surface area contributed by atoms with Crippen LogP contribution in [-0.2, 0) is 6.54 Å². The van der Waals surface area contributed by atoms with Crippen LogP contribution in [0.3, 0.4) is 0 Å². The molecular formula is C16H26N2O3. The van der Waals surface area contributed by atoms with Crippen molar-refractivity contribution in [2.24, 2.45) is 5.73 Å². The van der Waals surface area contributed by atoms with E-state index in [-0.39, 0.29) is 6.61 Å². The number of aliphatic hydroxyl groups excluding tert-OH is 1. The van der Waals surface area contributed by atoms with Crippen molar-refractivity contribution in [1.29, 1.82) is 0 Å². The van der Waals surface area contributed by atoms with Crippen LogP contribution in [-0.4, -0.2) is 53.1 Å². The summed E-state index contributed by atoms with van der Waals surface area (Å²) in [6.07, 6.45) is 1.21. The molecule has 118 valence electrons. The molecule has 2 rings (SSSR count). The summed E-state index contributed by atoms with van der Waals surface area (Å²) in [7, 11) is 0. The topological polar surface area (TPSA) is 79.0 Å². The van der Waals surface area contributed by atoms with Crippen LogP contribution in [0.2, 0.25) is 0 Å². The van der Waals surface area contributed by atoms with Gasteiger partial charge in [0.25, 0.3) is 0 Å². The van der Waals surface area contributed by atoms with Crippen LogP contribution in [0.4, 0.5) is 0 Å². The van der Waals surface area contributed by atoms with Crippen molar-refractivity contribution in [2.75, 3.05) is 26.2 Å². The van der Waals surface area contributed by atoms with Gasteiger partial charge >= 0.3 is 0 Å².